The van der Waals surface area contributed by atoms with E-state index < -0.39 is 0 Å². The summed E-state index contributed by atoms with van der Waals surface area (Å²) in [5.41, 5.74) is 7.29. The number of rotatable bonds is 2. The van der Waals surface area contributed by atoms with Crippen LogP contribution in [-0.2, 0) is 4.74 Å². The number of aryl methyl sites for hydroxylation is 1. The highest BCUT2D eigenvalue weighted by Gasteiger charge is 2.29. The van der Waals surface area contributed by atoms with Gasteiger partial charge in [0, 0.05) is 6.54 Å². The second kappa shape index (κ2) is 4.05. The van der Waals surface area contributed by atoms with Gasteiger partial charge in [0.2, 0.25) is 0 Å². The van der Waals surface area contributed by atoms with Crippen molar-refractivity contribution in [3.05, 3.63) is 23.7 Å². The van der Waals surface area contributed by atoms with Crippen LogP contribution in [0.3, 0.4) is 0 Å². The van der Waals surface area contributed by atoms with Gasteiger partial charge in [0.1, 0.15) is 6.10 Å². The summed E-state index contributed by atoms with van der Waals surface area (Å²) < 4.78 is 7.58. The molecule has 0 aliphatic carbocycles. The molecule has 0 spiro atoms. The molecular formula is C11H15N5O. The summed E-state index contributed by atoms with van der Waals surface area (Å²) in [5, 5.41) is 12.7. The molecule has 1 saturated heterocycles. The zero-order chi connectivity index (χ0) is 11.8. The second-order valence-electron chi connectivity index (χ2n) is 4.36. The van der Waals surface area contributed by atoms with Crippen LogP contribution in [0.15, 0.2) is 12.1 Å². The Bertz CT molecular complexity index is 538. The van der Waals surface area contributed by atoms with Gasteiger partial charge in [0.15, 0.2) is 11.5 Å². The first kappa shape index (κ1) is 10.6. The molecule has 0 radical (unpaired) electrons. The minimum absolute atomic E-state index is 0.0344. The first-order chi connectivity index (χ1) is 8.28. The zero-order valence-corrected chi connectivity index (χ0v) is 9.71. The molecule has 0 saturated carbocycles. The van der Waals surface area contributed by atoms with Gasteiger partial charge in [-0.2, -0.15) is 9.61 Å². The lowest BCUT2D eigenvalue weighted by Gasteiger charge is -2.10. The summed E-state index contributed by atoms with van der Waals surface area (Å²) in [5.74, 6) is 0.777. The third-order valence-corrected chi connectivity index (χ3v) is 3.08. The predicted octanol–water partition coefficient (Wildman–Crippen LogP) is 0.612. The third-order valence-electron chi connectivity index (χ3n) is 3.08. The Morgan fingerprint density at radius 3 is 3.06 bits per heavy atom. The lowest BCUT2D eigenvalue weighted by molar-refractivity contribution is 0.0436. The molecule has 1 aliphatic heterocycles. The molecule has 1 aliphatic rings. The molecule has 2 atom stereocenters. The Morgan fingerprint density at radius 1 is 1.41 bits per heavy atom. The number of hydrogen-bond acceptors (Lipinski definition) is 5. The highest BCUT2D eigenvalue weighted by molar-refractivity contribution is 5.36. The number of hydrogen-bond donors (Lipinski definition) is 1. The molecule has 2 aromatic rings. The monoisotopic (exact) mass is 233 g/mol. The minimum Gasteiger partial charge on any atom is -0.366 e. The van der Waals surface area contributed by atoms with Crippen molar-refractivity contribution in [3.63, 3.8) is 0 Å². The molecule has 3 rings (SSSR count). The van der Waals surface area contributed by atoms with E-state index in [9.17, 15) is 0 Å². The molecule has 0 bridgehead atoms. The van der Waals surface area contributed by atoms with Crippen LogP contribution in [-0.4, -0.2) is 32.5 Å². The standard InChI is InChI=1S/C11H15N5O/c1-7-2-5-10-13-14-11(16(10)15-7)9-4-3-8(6-12)17-9/h2,5,8-9H,3-4,6,12H2,1H3. The number of fused-ring (bicyclic) bond motifs is 1. The van der Waals surface area contributed by atoms with E-state index in [2.05, 4.69) is 15.3 Å². The maximum atomic E-state index is 5.81. The van der Waals surface area contributed by atoms with Crippen molar-refractivity contribution < 1.29 is 4.74 Å². The summed E-state index contributed by atoms with van der Waals surface area (Å²) in [6.45, 7) is 2.50. The average Bonchev–Trinajstić information content (AvgIpc) is 2.93. The van der Waals surface area contributed by atoms with Gasteiger partial charge in [-0.1, -0.05) is 0 Å². The van der Waals surface area contributed by atoms with E-state index in [1.165, 1.54) is 0 Å². The topological polar surface area (TPSA) is 78.3 Å². The molecule has 0 amide bonds. The fourth-order valence-corrected chi connectivity index (χ4v) is 2.17. The van der Waals surface area contributed by atoms with E-state index >= 15 is 0 Å². The van der Waals surface area contributed by atoms with E-state index in [0.717, 1.165) is 30.0 Å². The van der Waals surface area contributed by atoms with Crippen LogP contribution in [0.25, 0.3) is 5.65 Å². The van der Waals surface area contributed by atoms with Crippen molar-refractivity contribution in [2.75, 3.05) is 6.54 Å². The van der Waals surface area contributed by atoms with Crippen LogP contribution in [0.4, 0.5) is 0 Å². The van der Waals surface area contributed by atoms with Crippen molar-refractivity contribution >= 4 is 5.65 Å². The van der Waals surface area contributed by atoms with Crippen LogP contribution >= 0.6 is 0 Å². The third kappa shape index (κ3) is 1.79. The highest BCUT2D eigenvalue weighted by atomic mass is 16.5. The van der Waals surface area contributed by atoms with Crippen LogP contribution in [0, 0.1) is 6.92 Å². The number of nitrogens with two attached hydrogens (primary N) is 1. The van der Waals surface area contributed by atoms with Crippen molar-refractivity contribution in [3.8, 4) is 0 Å². The number of ether oxygens (including phenoxy) is 1. The van der Waals surface area contributed by atoms with Crippen LogP contribution < -0.4 is 5.73 Å². The van der Waals surface area contributed by atoms with Gasteiger partial charge < -0.3 is 10.5 Å². The van der Waals surface area contributed by atoms with Gasteiger partial charge in [-0.25, -0.2) is 0 Å². The molecule has 2 aromatic heterocycles. The summed E-state index contributed by atoms with van der Waals surface area (Å²) in [7, 11) is 0. The molecule has 6 nitrogen and oxygen atoms in total. The lowest BCUT2D eigenvalue weighted by atomic mass is 10.2. The fraction of sp³-hybridized carbons (Fsp3) is 0.545. The summed E-state index contributed by atoms with van der Waals surface area (Å²) in [6, 6.07) is 3.83. The van der Waals surface area contributed by atoms with E-state index in [1.54, 1.807) is 4.52 Å². The molecule has 2 N–H and O–H groups in total. The average molecular weight is 233 g/mol. The van der Waals surface area contributed by atoms with E-state index in [-0.39, 0.29) is 12.2 Å². The van der Waals surface area contributed by atoms with Crippen molar-refractivity contribution in [2.24, 2.45) is 5.73 Å². The Balaban J connectivity index is 1.98. The Kier molecular flexibility index (Phi) is 2.53. The van der Waals surface area contributed by atoms with Crippen LogP contribution in [0.1, 0.15) is 30.5 Å². The highest BCUT2D eigenvalue weighted by Crippen LogP contribution is 2.31. The number of aromatic nitrogens is 4. The van der Waals surface area contributed by atoms with Gasteiger partial charge in [-0.15, -0.1) is 10.2 Å². The van der Waals surface area contributed by atoms with Gasteiger partial charge >= 0.3 is 0 Å². The maximum Gasteiger partial charge on any atom is 0.183 e. The predicted molar refractivity (Wildman–Crippen MR) is 61.4 cm³/mol. The SMILES string of the molecule is Cc1ccc2nnc(C3CCC(CN)O3)n2n1. The molecule has 1 fully saturated rings. The first-order valence-corrected chi connectivity index (χ1v) is 5.82. The molecule has 17 heavy (non-hydrogen) atoms. The molecule has 0 aromatic carbocycles. The quantitative estimate of drug-likeness (QED) is 0.822. The summed E-state index contributed by atoms with van der Waals surface area (Å²) in [4.78, 5) is 0. The van der Waals surface area contributed by atoms with Crippen molar-refractivity contribution in [2.45, 2.75) is 32.0 Å². The van der Waals surface area contributed by atoms with Crippen LogP contribution in [0.2, 0.25) is 0 Å². The molecule has 2 unspecified atom stereocenters. The summed E-state index contributed by atoms with van der Waals surface area (Å²) >= 11 is 0. The molecular weight excluding hydrogens is 218 g/mol. The minimum atomic E-state index is -0.0344. The molecule has 6 heteroatoms. The van der Waals surface area contributed by atoms with E-state index in [4.69, 9.17) is 10.5 Å². The Hall–Kier alpha value is -1.53. The van der Waals surface area contributed by atoms with Gasteiger partial charge in [0.25, 0.3) is 0 Å². The Morgan fingerprint density at radius 2 is 2.29 bits per heavy atom. The normalized spacial score (nSPS) is 24.6. The van der Waals surface area contributed by atoms with Gasteiger partial charge in [0.05, 0.1) is 11.8 Å². The zero-order valence-electron chi connectivity index (χ0n) is 9.71. The van der Waals surface area contributed by atoms with Crippen molar-refractivity contribution in [1.82, 2.24) is 19.8 Å². The van der Waals surface area contributed by atoms with Crippen LogP contribution in [0.5, 0.6) is 0 Å². The van der Waals surface area contributed by atoms with Gasteiger partial charge in [-0.3, -0.25) is 0 Å². The number of nitrogens with zero attached hydrogens (tertiary/aromatic N) is 4. The lowest BCUT2D eigenvalue weighted by Crippen LogP contribution is -2.19. The Labute approximate surface area is 98.8 Å². The molecule has 90 valence electrons. The van der Waals surface area contributed by atoms with E-state index in [0.29, 0.717) is 6.54 Å². The summed E-state index contributed by atoms with van der Waals surface area (Å²) in [6.07, 6.45) is 2.00. The largest absolute Gasteiger partial charge is 0.366 e. The maximum absolute atomic E-state index is 5.81. The first-order valence-electron chi connectivity index (χ1n) is 5.82. The van der Waals surface area contributed by atoms with Crippen molar-refractivity contribution in [1.29, 1.82) is 0 Å². The molecule has 3 heterocycles. The van der Waals surface area contributed by atoms with Gasteiger partial charge in [-0.05, 0) is 31.9 Å². The second-order valence-corrected chi connectivity index (χ2v) is 4.36. The van der Waals surface area contributed by atoms with E-state index in [1.807, 2.05) is 19.1 Å². The smallest absolute Gasteiger partial charge is 0.183 e. The fourth-order valence-electron chi connectivity index (χ4n) is 2.17.